The largest absolute Gasteiger partial charge is 0.323 e. The van der Waals surface area contributed by atoms with Crippen LogP contribution in [0.4, 0.5) is 10.6 Å². The number of piperazine rings is 1. The fraction of sp³-hybridized carbons (Fsp3) is 0.467. The summed E-state index contributed by atoms with van der Waals surface area (Å²) in [5, 5.41) is 15.2. The molecule has 1 N–H and O–H groups in total. The molecule has 4 heterocycles. The second kappa shape index (κ2) is 5.62. The van der Waals surface area contributed by atoms with E-state index < -0.39 is 0 Å². The van der Waals surface area contributed by atoms with E-state index >= 15 is 0 Å². The van der Waals surface area contributed by atoms with Crippen LogP contribution in [0.25, 0.3) is 11.3 Å². The van der Waals surface area contributed by atoms with Gasteiger partial charge in [0.25, 0.3) is 0 Å². The number of nitrogens with zero attached hydrogens (tertiary/aromatic N) is 6. The smallest absolute Gasteiger partial charge is 0.319 e. The van der Waals surface area contributed by atoms with Crippen LogP contribution in [0.2, 0.25) is 0 Å². The van der Waals surface area contributed by atoms with E-state index in [1.54, 1.807) is 16.9 Å². The number of aryl methyl sites for hydroxylation is 1. The lowest BCUT2D eigenvalue weighted by molar-refractivity contribution is 0.153. The second-order valence-electron chi connectivity index (χ2n) is 6.07. The average Bonchev–Trinajstić information content (AvgIpc) is 3.15. The van der Waals surface area contributed by atoms with Gasteiger partial charge in [0, 0.05) is 51.0 Å². The molecule has 0 saturated carbocycles. The van der Waals surface area contributed by atoms with Gasteiger partial charge in [-0.25, -0.2) is 4.79 Å². The predicted octanol–water partition coefficient (Wildman–Crippen LogP) is 0.799. The number of anilines is 1. The van der Waals surface area contributed by atoms with Gasteiger partial charge in [-0.05, 0) is 18.6 Å². The molecule has 0 aliphatic carbocycles. The molecule has 2 fully saturated rings. The van der Waals surface area contributed by atoms with Crippen molar-refractivity contribution in [1.29, 1.82) is 0 Å². The van der Waals surface area contributed by atoms with Crippen molar-refractivity contribution in [2.24, 2.45) is 7.05 Å². The fourth-order valence-corrected chi connectivity index (χ4v) is 3.26. The number of urea groups is 1. The van der Waals surface area contributed by atoms with Gasteiger partial charge in [0.1, 0.15) is 0 Å². The van der Waals surface area contributed by atoms with E-state index in [1.807, 2.05) is 24.2 Å². The van der Waals surface area contributed by atoms with Crippen molar-refractivity contribution in [3.05, 3.63) is 24.5 Å². The molecular formula is C15H19N7O. The van der Waals surface area contributed by atoms with Crippen LogP contribution in [-0.4, -0.2) is 68.0 Å². The summed E-state index contributed by atoms with van der Waals surface area (Å²) in [6.07, 6.45) is 4.67. The SMILES string of the molecule is Cn1cc(-c2ccc(NC(=O)N3CCN4CCC3C4)nn2)cn1. The summed E-state index contributed by atoms with van der Waals surface area (Å²) in [6, 6.07) is 3.86. The maximum atomic E-state index is 12.4. The lowest BCUT2D eigenvalue weighted by atomic mass is 10.2. The second-order valence-corrected chi connectivity index (χ2v) is 6.07. The van der Waals surface area contributed by atoms with Gasteiger partial charge in [0.05, 0.1) is 11.9 Å². The molecule has 0 aromatic carbocycles. The van der Waals surface area contributed by atoms with Crippen LogP contribution in [0.3, 0.4) is 0 Å². The highest BCUT2D eigenvalue weighted by atomic mass is 16.2. The van der Waals surface area contributed by atoms with Crippen LogP contribution >= 0.6 is 0 Å². The van der Waals surface area contributed by atoms with Gasteiger partial charge in [0.15, 0.2) is 5.82 Å². The third kappa shape index (κ3) is 2.77. The molecule has 0 radical (unpaired) electrons. The van der Waals surface area contributed by atoms with E-state index in [1.165, 1.54) is 0 Å². The summed E-state index contributed by atoms with van der Waals surface area (Å²) in [5.41, 5.74) is 1.64. The van der Waals surface area contributed by atoms with E-state index in [4.69, 9.17) is 0 Å². The number of rotatable bonds is 2. The topological polar surface area (TPSA) is 79.2 Å². The number of hydrogen-bond acceptors (Lipinski definition) is 5. The molecule has 2 unspecified atom stereocenters. The normalized spacial score (nSPS) is 23.1. The Balaban J connectivity index is 1.43. The number of nitrogens with one attached hydrogen (secondary N) is 1. The van der Waals surface area contributed by atoms with Crippen LogP contribution in [0.5, 0.6) is 0 Å². The molecule has 120 valence electrons. The van der Waals surface area contributed by atoms with Gasteiger partial charge in [-0.3, -0.25) is 14.9 Å². The number of amides is 2. The maximum Gasteiger partial charge on any atom is 0.323 e. The number of hydrogen-bond donors (Lipinski definition) is 1. The molecule has 2 saturated heterocycles. The highest BCUT2D eigenvalue weighted by molar-refractivity contribution is 5.88. The van der Waals surface area contributed by atoms with Crippen molar-refractivity contribution in [1.82, 2.24) is 29.8 Å². The van der Waals surface area contributed by atoms with E-state index in [-0.39, 0.29) is 6.03 Å². The van der Waals surface area contributed by atoms with Gasteiger partial charge in [-0.2, -0.15) is 5.10 Å². The van der Waals surface area contributed by atoms with Gasteiger partial charge in [-0.1, -0.05) is 0 Å². The highest BCUT2D eigenvalue weighted by Crippen LogP contribution is 2.21. The van der Waals surface area contributed by atoms with E-state index in [2.05, 4.69) is 25.5 Å². The number of carbonyl (C=O) groups is 1. The number of carbonyl (C=O) groups excluding carboxylic acids is 1. The summed E-state index contributed by atoms with van der Waals surface area (Å²) in [4.78, 5) is 16.7. The zero-order valence-electron chi connectivity index (χ0n) is 13.0. The summed E-state index contributed by atoms with van der Waals surface area (Å²) in [6.45, 7) is 3.81. The molecular weight excluding hydrogens is 294 g/mol. The van der Waals surface area contributed by atoms with Crippen LogP contribution in [-0.2, 0) is 7.05 Å². The minimum atomic E-state index is -0.0834. The molecule has 2 bridgehead atoms. The molecule has 0 spiro atoms. The Labute approximate surface area is 134 Å². The average molecular weight is 313 g/mol. The lowest BCUT2D eigenvalue weighted by Crippen LogP contribution is -2.51. The standard InChI is InChI=1S/C15H19N7O/c1-20-9-11(8-16-20)13-2-3-14(19-18-13)17-15(23)22-7-6-21-5-4-12(22)10-21/h2-3,8-9,12H,4-7,10H2,1H3,(H,17,19,23). The zero-order chi connectivity index (χ0) is 15.8. The van der Waals surface area contributed by atoms with Gasteiger partial charge in [-0.15, -0.1) is 10.2 Å². The summed E-state index contributed by atoms with van der Waals surface area (Å²) < 4.78 is 1.72. The molecule has 4 rings (SSSR count). The minimum Gasteiger partial charge on any atom is -0.319 e. The monoisotopic (exact) mass is 313 g/mol. The van der Waals surface area contributed by atoms with Crippen molar-refractivity contribution >= 4 is 11.8 Å². The third-order valence-electron chi connectivity index (χ3n) is 4.51. The van der Waals surface area contributed by atoms with E-state index in [9.17, 15) is 4.79 Å². The Morgan fingerprint density at radius 1 is 1.26 bits per heavy atom. The van der Waals surface area contributed by atoms with Gasteiger partial charge >= 0.3 is 6.03 Å². The lowest BCUT2D eigenvalue weighted by Gasteiger charge is -2.34. The Kier molecular flexibility index (Phi) is 3.45. The van der Waals surface area contributed by atoms with E-state index in [0.29, 0.717) is 11.9 Å². The molecule has 2 amide bonds. The van der Waals surface area contributed by atoms with Crippen LogP contribution in [0, 0.1) is 0 Å². The van der Waals surface area contributed by atoms with Crippen molar-refractivity contribution < 1.29 is 4.79 Å². The first-order valence-electron chi connectivity index (χ1n) is 7.82. The Morgan fingerprint density at radius 2 is 2.17 bits per heavy atom. The molecule has 8 nitrogen and oxygen atoms in total. The first kappa shape index (κ1) is 14.1. The number of fused-ring (bicyclic) bond motifs is 2. The fourth-order valence-electron chi connectivity index (χ4n) is 3.26. The third-order valence-corrected chi connectivity index (χ3v) is 4.51. The van der Waals surface area contributed by atoms with Crippen molar-refractivity contribution in [2.45, 2.75) is 12.5 Å². The summed E-state index contributed by atoms with van der Waals surface area (Å²) >= 11 is 0. The molecule has 23 heavy (non-hydrogen) atoms. The minimum absolute atomic E-state index is 0.0834. The Bertz CT molecular complexity index is 711. The summed E-state index contributed by atoms with van der Waals surface area (Å²) in [5.74, 6) is 0.475. The first-order valence-corrected chi connectivity index (χ1v) is 7.82. The maximum absolute atomic E-state index is 12.4. The molecule has 8 heteroatoms. The molecule has 2 aliphatic heterocycles. The van der Waals surface area contributed by atoms with Crippen molar-refractivity contribution in [3.8, 4) is 11.3 Å². The molecule has 2 atom stereocenters. The number of aromatic nitrogens is 4. The Morgan fingerprint density at radius 3 is 2.91 bits per heavy atom. The highest BCUT2D eigenvalue weighted by Gasteiger charge is 2.35. The van der Waals surface area contributed by atoms with Crippen molar-refractivity contribution in [3.63, 3.8) is 0 Å². The molecule has 2 aromatic heterocycles. The zero-order valence-corrected chi connectivity index (χ0v) is 13.0. The van der Waals surface area contributed by atoms with Gasteiger partial charge in [0.2, 0.25) is 0 Å². The summed E-state index contributed by atoms with van der Waals surface area (Å²) in [7, 11) is 1.86. The van der Waals surface area contributed by atoms with Crippen LogP contribution in [0.1, 0.15) is 6.42 Å². The molecule has 2 aliphatic rings. The van der Waals surface area contributed by atoms with Gasteiger partial charge < -0.3 is 4.90 Å². The van der Waals surface area contributed by atoms with E-state index in [0.717, 1.165) is 43.9 Å². The van der Waals surface area contributed by atoms with Crippen LogP contribution in [0.15, 0.2) is 24.5 Å². The molecule has 2 aromatic rings. The predicted molar refractivity (Wildman–Crippen MR) is 84.8 cm³/mol. The quantitative estimate of drug-likeness (QED) is 0.887. The van der Waals surface area contributed by atoms with Crippen molar-refractivity contribution in [2.75, 3.05) is 31.5 Å². The van der Waals surface area contributed by atoms with Crippen LogP contribution < -0.4 is 5.32 Å². The first-order chi connectivity index (χ1) is 11.2. The Hall–Kier alpha value is -2.48.